The second-order valence-electron chi connectivity index (χ2n) is 13.8. The summed E-state index contributed by atoms with van der Waals surface area (Å²) in [5.41, 5.74) is 14.0. The van der Waals surface area contributed by atoms with E-state index in [1.807, 2.05) is 12.1 Å². The molecule has 0 spiro atoms. The molecule has 45 heavy (non-hydrogen) atoms. The van der Waals surface area contributed by atoms with Crippen molar-refractivity contribution in [2.75, 3.05) is 0 Å². The van der Waals surface area contributed by atoms with Crippen LogP contribution in [-0.4, -0.2) is 3.21 Å². The molecule has 6 rings (SSSR count). The number of rotatable bonds is 2. The first-order valence-electron chi connectivity index (χ1n) is 15.4. The van der Waals surface area contributed by atoms with E-state index in [9.17, 15) is 0 Å². The van der Waals surface area contributed by atoms with Crippen molar-refractivity contribution in [2.24, 2.45) is 5.92 Å². The van der Waals surface area contributed by atoms with Gasteiger partial charge in [0, 0.05) is 0 Å². The van der Waals surface area contributed by atoms with Gasteiger partial charge in [-0.15, -0.1) is 16.7 Å². The predicted molar refractivity (Wildman–Crippen MR) is 183 cm³/mol. The average molecular weight is 713 g/mol. The zero-order chi connectivity index (χ0) is 31.4. The minimum atomic E-state index is 0. The van der Waals surface area contributed by atoms with E-state index in [0.717, 1.165) is 6.42 Å². The summed E-state index contributed by atoms with van der Waals surface area (Å²) < 4.78 is 1.46. The molecule has 0 heterocycles. The third-order valence-electron chi connectivity index (χ3n) is 8.02. The zero-order valence-electron chi connectivity index (χ0n) is 28.3. The van der Waals surface area contributed by atoms with Gasteiger partial charge in [0.15, 0.2) is 0 Å². The Hall–Kier alpha value is -2.31. The van der Waals surface area contributed by atoms with Crippen molar-refractivity contribution in [1.82, 2.24) is 0 Å². The van der Waals surface area contributed by atoms with Crippen molar-refractivity contribution in [1.29, 1.82) is 0 Å². The fourth-order valence-corrected chi connectivity index (χ4v) is 5.89. The Morgan fingerprint density at radius 1 is 0.756 bits per heavy atom. The van der Waals surface area contributed by atoms with Crippen molar-refractivity contribution in [3.8, 4) is 11.1 Å². The van der Waals surface area contributed by atoms with Crippen LogP contribution < -0.4 is 24.8 Å². The Bertz CT molecular complexity index is 1570. The van der Waals surface area contributed by atoms with Gasteiger partial charge in [0.1, 0.15) is 0 Å². The van der Waals surface area contributed by atoms with Crippen LogP contribution in [0, 0.1) is 18.1 Å². The number of fused-ring (bicyclic) bond motifs is 3. The second kappa shape index (κ2) is 16.5. The summed E-state index contributed by atoms with van der Waals surface area (Å²) in [5, 5.41) is 0. The molecule has 234 valence electrons. The van der Waals surface area contributed by atoms with E-state index in [1.165, 1.54) is 83.1 Å². The van der Waals surface area contributed by atoms with Gasteiger partial charge in [0.05, 0.1) is 0 Å². The molecule has 0 N–H and O–H groups in total. The summed E-state index contributed by atoms with van der Waals surface area (Å²) in [6.07, 6.45) is 6.68. The summed E-state index contributed by atoms with van der Waals surface area (Å²) in [6.45, 7) is 20.1. The molecular weight excluding hydrogens is 667 g/mol. The predicted octanol–water partition coefficient (Wildman–Crippen LogP) is 4.90. The van der Waals surface area contributed by atoms with Gasteiger partial charge in [-0.3, -0.25) is 6.08 Å². The van der Waals surface area contributed by atoms with Crippen LogP contribution in [0.25, 0.3) is 16.7 Å². The summed E-state index contributed by atoms with van der Waals surface area (Å²) >= 11 is 1.51. The van der Waals surface area contributed by atoms with Crippen LogP contribution in [0.5, 0.6) is 0 Å². The van der Waals surface area contributed by atoms with Crippen LogP contribution in [0.4, 0.5) is 0 Å². The Balaban J connectivity index is 0.000000252. The Morgan fingerprint density at radius 3 is 1.82 bits per heavy atom. The van der Waals surface area contributed by atoms with Crippen LogP contribution in [0.3, 0.4) is 0 Å². The van der Waals surface area contributed by atoms with Crippen molar-refractivity contribution in [3.05, 3.63) is 148 Å². The molecule has 1 unspecified atom stereocenters. The molecule has 4 aromatic carbocycles. The maximum atomic E-state index is 3.67. The number of benzene rings is 4. The van der Waals surface area contributed by atoms with E-state index in [2.05, 4.69) is 159 Å². The third-order valence-corrected chi connectivity index (χ3v) is 8.73. The Kier molecular flexibility index (Phi) is 14.3. The van der Waals surface area contributed by atoms with E-state index >= 15 is 0 Å². The number of hydrogen-bond donors (Lipinski definition) is 0. The van der Waals surface area contributed by atoms with Crippen LogP contribution >= 0.6 is 0 Å². The molecule has 0 radical (unpaired) electrons. The summed E-state index contributed by atoms with van der Waals surface area (Å²) in [4.78, 5) is 0. The Labute approximate surface area is 300 Å². The molecule has 0 saturated heterocycles. The Morgan fingerprint density at radius 2 is 1.33 bits per heavy atom. The third kappa shape index (κ3) is 10.3. The monoisotopic (exact) mass is 710 g/mol. The molecule has 0 fully saturated rings. The minimum Gasteiger partial charge on any atom is -1.00 e. The van der Waals surface area contributed by atoms with Crippen LogP contribution in [0.15, 0.2) is 103 Å². The molecule has 2 aliphatic rings. The minimum absolute atomic E-state index is 0. The molecule has 2 aliphatic carbocycles. The second-order valence-corrected chi connectivity index (χ2v) is 15.7. The summed E-state index contributed by atoms with van der Waals surface area (Å²) in [7, 11) is 0. The molecule has 0 aromatic heterocycles. The van der Waals surface area contributed by atoms with Crippen LogP contribution in [-0.2, 0) is 41.5 Å². The fourth-order valence-electron chi connectivity index (χ4n) is 5.48. The van der Waals surface area contributed by atoms with E-state index in [4.69, 9.17) is 0 Å². The molecule has 4 aromatic rings. The molecular formula is C42H46Cl2Zr-2. The van der Waals surface area contributed by atoms with Gasteiger partial charge in [0.2, 0.25) is 0 Å². The van der Waals surface area contributed by atoms with E-state index in [-0.39, 0.29) is 35.6 Å². The molecule has 0 aliphatic heterocycles. The quantitative estimate of drug-likeness (QED) is 0.229. The van der Waals surface area contributed by atoms with Gasteiger partial charge in [-0.2, -0.15) is 35.4 Å². The number of allylic oxidation sites excluding steroid dienone is 4. The van der Waals surface area contributed by atoms with Gasteiger partial charge in [0.25, 0.3) is 0 Å². The number of halogens is 2. The van der Waals surface area contributed by atoms with Crippen molar-refractivity contribution in [2.45, 2.75) is 79.6 Å². The van der Waals surface area contributed by atoms with Crippen LogP contribution in [0.2, 0.25) is 0 Å². The maximum absolute atomic E-state index is 3.67. The van der Waals surface area contributed by atoms with E-state index in [0.29, 0.717) is 5.92 Å². The van der Waals surface area contributed by atoms with Gasteiger partial charge < -0.3 is 24.8 Å². The van der Waals surface area contributed by atoms with Gasteiger partial charge >= 0.3 is 70.3 Å². The normalized spacial score (nSPS) is 14.5. The molecule has 0 nitrogen and oxygen atoms in total. The fraction of sp³-hybridized carbons (Fsp3) is 0.310. The van der Waals surface area contributed by atoms with E-state index < -0.39 is 0 Å². The molecule has 0 saturated carbocycles. The molecule has 0 amide bonds. The first kappa shape index (κ1) is 38.9. The van der Waals surface area contributed by atoms with Gasteiger partial charge in [-0.05, 0) is 28.4 Å². The van der Waals surface area contributed by atoms with Crippen molar-refractivity contribution < 1.29 is 49.0 Å². The van der Waals surface area contributed by atoms with Crippen molar-refractivity contribution >= 4 is 8.78 Å². The van der Waals surface area contributed by atoms with Gasteiger partial charge in [-0.1, -0.05) is 115 Å². The molecule has 1 atom stereocenters. The summed E-state index contributed by atoms with van der Waals surface area (Å²) in [6, 6.07) is 36.1. The SMILES string of the molecule is CC(C)(C)c1[c-]c2c(cc1)-c1ccc(C(C)(C)C)cc1C2.CC1=[C-]C(C)C=C1c1ccccc1.C[C](=[Zr+2])c1ccccc1.[Cl-].[Cl-]. The zero-order valence-corrected chi connectivity index (χ0v) is 32.2. The summed E-state index contributed by atoms with van der Waals surface area (Å²) in [5.74, 6) is 0.468. The largest absolute Gasteiger partial charge is 1.00 e. The van der Waals surface area contributed by atoms with Crippen LogP contribution in [0.1, 0.15) is 95.7 Å². The number of hydrogen-bond acceptors (Lipinski definition) is 0. The smallest absolute Gasteiger partial charge is 1.00 e. The van der Waals surface area contributed by atoms with Crippen molar-refractivity contribution in [3.63, 3.8) is 0 Å². The van der Waals surface area contributed by atoms with Gasteiger partial charge in [-0.25, -0.2) is 5.57 Å². The standard InChI is InChI=1S/C21H25.C13H13.C8H8.2ClH.Zr/c1-20(2,3)16-7-9-18-14(12-16)11-15-13-17(21(4,5)6)8-10-19(15)18;1-10-8-11(2)13(9-10)12-6-4-3-5-7-12;1-2-8-6-4-3-5-7-8;;;/h7-10,12H,11H2,1-6H3;3-7,9-10H,1-2H3;3-7H,1H3;2*1H;/q2*-1;;;;+2/p-2. The first-order chi connectivity index (χ1) is 20.2. The van der Waals surface area contributed by atoms with E-state index in [1.54, 1.807) is 0 Å². The first-order valence-corrected chi connectivity index (χ1v) is 16.6. The maximum Gasteiger partial charge on any atom is -1.00 e. The topological polar surface area (TPSA) is 0 Å². The average Bonchev–Trinajstić information content (AvgIpc) is 3.51. The molecule has 3 heteroatoms. The molecule has 0 bridgehead atoms.